The number of nitrogens with zero attached hydrogens (tertiary/aromatic N) is 2. The Hall–Kier alpha value is -3.41. The van der Waals surface area contributed by atoms with Gasteiger partial charge in [-0.1, -0.05) is 49.6 Å². The molecule has 6 nitrogen and oxygen atoms in total. The molecule has 1 N–H and O–H groups in total. The Morgan fingerprint density at radius 3 is 2.19 bits per heavy atom. The van der Waals surface area contributed by atoms with Crippen molar-refractivity contribution in [1.82, 2.24) is 14.5 Å². The van der Waals surface area contributed by atoms with E-state index in [2.05, 4.69) is 11.9 Å². The molecule has 1 aromatic heterocycles. The smallest absolute Gasteiger partial charge is 0.317 e. The molecule has 1 aliphatic carbocycles. The van der Waals surface area contributed by atoms with Gasteiger partial charge in [-0.05, 0) is 42.7 Å². The van der Waals surface area contributed by atoms with Crippen molar-refractivity contribution in [2.45, 2.75) is 51.2 Å². The molecule has 0 unspecified atom stereocenters. The Morgan fingerprint density at radius 1 is 0.935 bits per heavy atom. The van der Waals surface area contributed by atoms with Crippen molar-refractivity contribution in [2.24, 2.45) is 0 Å². The van der Waals surface area contributed by atoms with Gasteiger partial charge in [-0.15, -0.1) is 6.58 Å². The topological polar surface area (TPSA) is 73.1 Å². The molecule has 1 heterocycles. The molecule has 0 bridgehead atoms. The lowest BCUT2D eigenvalue weighted by Crippen LogP contribution is -2.41. The van der Waals surface area contributed by atoms with E-state index in [1.54, 1.807) is 18.2 Å². The minimum absolute atomic E-state index is 0.0620. The number of allylic oxidation sites excluding steroid dienone is 1. The number of aromatic nitrogens is 2. The molecule has 160 valence electrons. The summed E-state index contributed by atoms with van der Waals surface area (Å²) in [5.41, 5.74) is 1.69. The van der Waals surface area contributed by atoms with E-state index in [0.29, 0.717) is 16.6 Å². The van der Waals surface area contributed by atoms with Crippen LogP contribution in [0, 0.1) is 0 Å². The maximum absolute atomic E-state index is 12.8. The van der Waals surface area contributed by atoms with E-state index >= 15 is 0 Å². The lowest BCUT2D eigenvalue weighted by molar-refractivity contribution is 0.0927. The molecule has 0 spiro atoms. The third kappa shape index (κ3) is 4.38. The minimum Gasteiger partial charge on any atom is -0.349 e. The summed E-state index contributed by atoms with van der Waals surface area (Å²) in [4.78, 5) is 38.0. The van der Waals surface area contributed by atoms with E-state index < -0.39 is 11.1 Å². The van der Waals surface area contributed by atoms with E-state index in [1.807, 2.05) is 36.4 Å². The average molecular weight is 418 g/mol. The molecule has 4 rings (SSSR count). The van der Waals surface area contributed by atoms with Crippen molar-refractivity contribution in [2.75, 3.05) is 0 Å². The first-order valence-electron chi connectivity index (χ1n) is 10.8. The summed E-state index contributed by atoms with van der Waals surface area (Å²) in [6.45, 7) is 4.22. The molecule has 0 radical (unpaired) electrons. The SMILES string of the molecule is C=CCn1c(=O)c(=O)n(Cc2ccc(C(=O)NC3CCCCC3)cc2)c2ccccc21. The van der Waals surface area contributed by atoms with Gasteiger partial charge in [0, 0.05) is 18.2 Å². The Bertz CT molecular complexity index is 1220. The zero-order chi connectivity index (χ0) is 21.8. The minimum atomic E-state index is -0.570. The zero-order valence-corrected chi connectivity index (χ0v) is 17.5. The van der Waals surface area contributed by atoms with Gasteiger partial charge in [-0.25, -0.2) is 0 Å². The standard InChI is InChI=1S/C25H27N3O3/c1-2-16-27-21-10-6-7-11-22(21)28(25(31)24(27)30)17-18-12-14-19(15-13-18)23(29)26-20-8-4-3-5-9-20/h2,6-7,10-15,20H,1,3-5,8-9,16-17H2,(H,26,29). The highest BCUT2D eigenvalue weighted by Crippen LogP contribution is 2.18. The predicted octanol–water partition coefficient (Wildman–Crippen LogP) is 3.46. The molecule has 1 aliphatic rings. The van der Waals surface area contributed by atoms with Crippen LogP contribution in [0.1, 0.15) is 48.0 Å². The fourth-order valence-electron chi connectivity index (χ4n) is 4.30. The summed E-state index contributed by atoms with van der Waals surface area (Å²) >= 11 is 0. The summed E-state index contributed by atoms with van der Waals surface area (Å²) in [6, 6.07) is 14.8. The molecule has 1 amide bonds. The highest BCUT2D eigenvalue weighted by Gasteiger charge is 2.17. The molecule has 0 aliphatic heterocycles. The fourth-order valence-corrected chi connectivity index (χ4v) is 4.30. The van der Waals surface area contributed by atoms with Crippen LogP contribution in [-0.4, -0.2) is 21.1 Å². The van der Waals surface area contributed by atoms with Gasteiger partial charge >= 0.3 is 11.1 Å². The monoisotopic (exact) mass is 417 g/mol. The Kier molecular flexibility index (Phi) is 6.16. The first kappa shape index (κ1) is 20.8. The highest BCUT2D eigenvalue weighted by molar-refractivity contribution is 5.94. The third-order valence-corrected chi connectivity index (χ3v) is 5.95. The third-order valence-electron chi connectivity index (χ3n) is 5.95. The normalized spacial score (nSPS) is 14.5. The van der Waals surface area contributed by atoms with Gasteiger partial charge in [0.2, 0.25) is 0 Å². The van der Waals surface area contributed by atoms with E-state index in [0.717, 1.165) is 31.2 Å². The van der Waals surface area contributed by atoms with Crippen molar-refractivity contribution in [3.05, 3.63) is 93.0 Å². The number of hydrogen-bond acceptors (Lipinski definition) is 3. The van der Waals surface area contributed by atoms with Crippen LogP contribution in [0.25, 0.3) is 11.0 Å². The number of hydrogen-bond donors (Lipinski definition) is 1. The van der Waals surface area contributed by atoms with Gasteiger partial charge in [0.05, 0.1) is 17.6 Å². The highest BCUT2D eigenvalue weighted by atomic mass is 16.2. The molecule has 1 fully saturated rings. The number of amides is 1. The lowest BCUT2D eigenvalue weighted by atomic mass is 9.95. The molecule has 0 saturated heterocycles. The summed E-state index contributed by atoms with van der Waals surface area (Å²) < 4.78 is 2.94. The molecule has 1 saturated carbocycles. The van der Waals surface area contributed by atoms with E-state index in [-0.39, 0.29) is 25.0 Å². The van der Waals surface area contributed by atoms with Crippen molar-refractivity contribution in [3.8, 4) is 0 Å². The van der Waals surface area contributed by atoms with E-state index in [1.165, 1.54) is 15.6 Å². The first-order valence-corrected chi connectivity index (χ1v) is 10.8. The van der Waals surface area contributed by atoms with Crippen LogP contribution < -0.4 is 16.4 Å². The van der Waals surface area contributed by atoms with E-state index in [9.17, 15) is 14.4 Å². The Balaban J connectivity index is 1.60. The van der Waals surface area contributed by atoms with Crippen LogP contribution in [-0.2, 0) is 13.1 Å². The quantitative estimate of drug-likeness (QED) is 0.493. The maximum atomic E-state index is 12.8. The summed E-state index contributed by atoms with van der Waals surface area (Å²) in [5, 5.41) is 3.12. The largest absolute Gasteiger partial charge is 0.349 e. The Morgan fingerprint density at radius 2 is 1.55 bits per heavy atom. The number of benzene rings is 2. The summed E-state index contributed by atoms with van der Waals surface area (Å²) in [6.07, 6.45) is 7.26. The molecule has 0 atom stereocenters. The van der Waals surface area contributed by atoms with Crippen molar-refractivity contribution >= 4 is 16.9 Å². The van der Waals surface area contributed by atoms with Crippen LogP contribution in [0.5, 0.6) is 0 Å². The van der Waals surface area contributed by atoms with Gasteiger partial charge in [-0.3, -0.25) is 23.5 Å². The lowest BCUT2D eigenvalue weighted by Gasteiger charge is -2.22. The van der Waals surface area contributed by atoms with Gasteiger partial charge in [0.25, 0.3) is 5.91 Å². The molecule has 6 heteroatoms. The average Bonchev–Trinajstić information content (AvgIpc) is 2.80. The molecule has 3 aromatic rings. The zero-order valence-electron chi connectivity index (χ0n) is 17.5. The van der Waals surface area contributed by atoms with Gasteiger partial charge in [0.15, 0.2) is 0 Å². The van der Waals surface area contributed by atoms with Gasteiger partial charge in [-0.2, -0.15) is 0 Å². The van der Waals surface area contributed by atoms with E-state index in [4.69, 9.17) is 0 Å². The summed E-state index contributed by atoms with van der Waals surface area (Å²) in [5.74, 6) is -0.0620. The first-order chi connectivity index (χ1) is 15.1. The van der Waals surface area contributed by atoms with Gasteiger partial charge in [0.1, 0.15) is 0 Å². The van der Waals surface area contributed by atoms with Gasteiger partial charge < -0.3 is 5.32 Å². The number of carbonyl (C=O) groups excluding carboxylic acids is 1. The van der Waals surface area contributed by atoms with Crippen molar-refractivity contribution in [3.63, 3.8) is 0 Å². The second-order valence-electron chi connectivity index (χ2n) is 8.09. The van der Waals surface area contributed by atoms with Crippen LogP contribution >= 0.6 is 0 Å². The molecule has 31 heavy (non-hydrogen) atoms. The maximum Gasteiger partial charge on any atom is 0.317 e. The summed E-state index contributed by atoms with van der Waals surface area (Å²) in [7, 11) is 0. The molecular weight excluding hydrogens is 390 g/mol. The second-order valence-corrected chi connectivity index (χ2v) is 8.09. The number of fused-ring (bicyclic) bond motifs is 1. The Labute approximate surface area is 180 Å². The van der Waals surface area contributed by atoms with Crippen LogP contribution in [0.4, 0.5) is 0 Å². The fraction of sp³-hybridized carbons (Fsp3) is 0.320. The number of carbonyl (C=O) groups is 1. The molecule has 2 aromatic carbocycles. The van der Waals surface area contributed by atoms with Crippen LogP contribution in [0.15, 0.2) is 70.8 Å². The number of nitrogens with one attached hydrogen (secondary N) is 1. The van der Waals surface area contributed by atoms with Crippen LogP contribution in [0.2, 0.25) is 0 Å². The number of para-hydroxylation sites is 2. The number of rotatable bonds is 6. The predicted molar refractivity (Wildman–Crippen MR) is 123 cm³/mol. The van der Waals surface area contributed by atoms with Crippen molar-refractivity contribution < 1.29 is 4.79 Å². The second kappa shape index (κ2) is 9.16. The van der Waals surface area contributed by atoms with Crippen LogP contribution in [0.3, 0.4) is 0 Å². The van der Waals surface area contributed by atoms with Crippen molar-refractivity contribution in [1.29, 1.82) is 0 Å². The molecular formula is C25H27N3O3.